The van der Waals surface area contributed by atoms with Crippen molar-refractivity contribution in [3.63, 3.8) is 0 Å². The number of carbonyl (C=O) groups excluding carboxylic acids is 1. The topological polar surface area (TPSA) is 88.2 Å². The predicted octanol–water partition coefficient (Wildman–Crippen LogP) is 1.68. The summed E-state index contributed by atoms with van der Waals surface area (Å²) in [5.74, 6) is -0.370. The molecule has 0 unspecified atom stereocenters. The molecule has 146 valence electrons. The zero-order valence-corrected chi connectivity index (χ0v) is 18.0. The van der Waals surface area contributed by atoms with Crippen LogP contribution in [0.25, 0.3) is 0 Å². The zero-order chi connectivity index (χ0) is 17.1. The van der Waals surface area contributed by atoms with Gasteiger partial charge in [-0.05, 0) is 39.3 Å². The first-order valence-corrected chi connectivity index (χ1v) is 10.6. The Labute approximate surface area is 166 Å². The fourth-order valence-corrected chi connectivity index (χ4v) is 5.34. The second-order valence-corrected chi connectivity index (χ2v) is 9.60. The van der Waals surface area contributed by atoms with E-state index in [-0.39, 0.29) is 30.7 Å². The van der Waals surface area contributed by atoms with Crippen molar-refractivity contribution in [2.24, 2.45) is 0 Å². The van der Waals surface area contributed by atoms with Crippen molar-refractivity contribution in [2.75, 3.05) is 25.9 Å². The van der Waals surface area contributed by atoms with Gasteiger partial charge in [0.05, 0.1) is 10.7 Å². The second-order valence-electron chi connectivity index (χ2n) is 5.99. The van der Waals surface area contributed by atoms with Gasteiger partial charge in [-0.3, -0.25) is 4.79 Å². The summed E-state index contributed by atoms with van der Waals surface area (Å²) in [6, 6.07) is 0. The largest absolute Gasteiger partial charge is 0.354 e. The molecule has 2 N–H and O–H groups in total. The van der Waals surface area contributed by atoms with Crippen LogP contribution in [0.1, 0.15) is 35.3 Å². The highest BCUT2D eigenvalue weighted by Crippen LogP contribution is 2.28. The molecule has 1 fully saturated rings. The number of carbonyl (C=O) groups is 1. The van der Waals surface area contributed by atoms with E-state index in [9.17, 15) is 13.2 Å². The number of aryl methyl sites for hydroxylation is 2. The summed E-state index contributed by atoms with van der Waals surface area (Å²) in [5.41, 5.74) is 1.10. The molecule has 0 aliphatic carbocycles. The molecule has 1 aromatic rings. The quantitative estimate of drug-likeness (QED) is 0.714. The van der Waals surface area contributed by atoms with E-state index in [4.69, 9.17) is 0 Å². The molecule has 25 heavy (non-hydrogen) atoms. The minimum absolute atomic E-state index is 0. The number of sulfone groups is 1. The standard InChI is InChI=1S/C15H25N3O3S2.2ClH/c1-4-12-11(2)22-13(18-12)5-8-17-14(19)15(23(3,20)21)6-9-16-10-7-15;;/h16H,4-10H2,1-3H3,(H,17,19);2*1H. The SMILES string of the molecule is CCc1nc(CCNC(=O)C2(S(C)(=O)=O)CCNCC2)sc1C.Cl.Cl. The molecule has 1 aliphatic rings. The van der Waals surface area contributed by atoms with Gasteiger partial charge in [0.1, 0.15) is 0 Å². The van der Waals surface area contributed by atoms with Crippen LogP contribution in [0.15, 0.2) is 0 Å². The van der Waals surface area contributed by atoms with Gasteiger partial charge in [-0.2, -0.15) is 0 Å². The Balaban J connectivity index is 0.00000288. The third-order valence-electron chi connectivity index (χ3n) is 4.43. The highest BCUT2D eigenvalue weighted by atomic mass is 35.5. The number of amides is 1. The first-order valence-electron chi connectivity index (χ1n) is 7.94. The fourth-order valence-electron chi connectivity index (χ4n) is 2.96. The lowest BCUT2D eigenvalue weighted by Crippen LogP contribution is -2.57. The first-order chi connectivity index (χ1) is 10.8. The summed E-state index contributed by atoms with van der Waals surface area (Å²) in [7, 11) is -3.45. The van der Waals surface area contributed by atoms with Gasteiger partial charge in [0, 0.05) is 24.1 Å². The number of thiazole rings is 1. The highest BCUT2D eigenvalue weighted by Gasteiger charge is 2.48. The maximum Gasteiger partial charge on any atom is 0.241 e. The molecule has 10 heteroatoms. The predicted molar refractivity (Wildman–Crippen MR) is 107 cm³/mol. The monoisotopic (exact) mass is 431 g/mol. The lowest BCUT2D eigenvalue weighted by atomic mass is 9.96. The molecule has 0 spiro atoms. The van der Waals surface area contributed by atoms with Crippen LogP contribution in [0.5, 0.6) is 0 Å². The van der Waals surface area contributed by atoms with Crippen molar-refractivity contribution in [1.29, 1.82) is 0 Å². The van der Waals surface area contributed by atoms with E-state index in [0.29, 0.717) is 38.9 Å². The van der Waals surface area contributed by atoms with Crippen LogP contribution < -0.4 is 10.6 Å². The maximum atomic E-state index is 12.6. The lowest BCUT2D eigenvalue weighted by molar-refractivity contribution is -0.124. The Morgan fingerprint density at radius 3 is 2.40 bits per heavy atom. The van der Waals surface area contributed by atoms with Crippen LogP contribution in [-0.4, -0.2) is 49.9 Å². The van der Waals surface area contributed by atoms with Crippen molar-refractivity contribution >= 4 is 51.9 Å². The molecule has 2 heterocycles. The normalized spacial score (nSPS) is 16.4. The Bertz CT molecular complexity index is 672. The third kappa shape index (κ3) is 5.53. The smallest absolute Gasteiger partial charge is 0.241 e. The van der Waals surface area contributed by atoms with Crippen molar-refractivity contribution in [3.8, 4) is 0 Å². The van der Waals surface area contributed by atoms with Crippen molar-refractivity contribution in [2.45, 2.75) is 44.3 Å². The first kappa shape index (κ1) is 24.6. The van der Waals surface area contributed by atoms with Gasteiger partial charge in [0.2, 0.25) is 5.91 Å². The molecule has 0 aromatic carbocycles. The number of halogens is 2. The average molecular weight is 432 g/mol. The average Bonchev–Trinajstić information content (AvgIpc) is 2.86. The summed E-state index contributed by atoms with van der Waals surface area (Å²) < 4.78 is 23.1. The van der Waals surface area contributed by atoms with Gasteiger partial charge in [-0.15, -0.1) is 36.2 Å². The Hall–Kier alpha value is -0.410. The molecule has 0 bridgehead atoms. The zero-order valence-electron chi connectivity index (χ0n) is 14.8. The van der Waals surface area contributed by atoms with Crippen LogP contribution in [0, 0.1) is 6.92 Å². The van der Waals surface area contributed by atoms with Gasteiger partial charge in [-0.25, -0.2) is 13.4 Å². The van der Waals surface area contributed by atoms with E-state index >= 15 is 0 Å². The molecule has 0 saturated carbocycles. The lowest BCUT2D eigenvalue weighted by Gasteiger charge is -2.34. The third-order valence-corrected chi connectivity index (χ3v) is 7.52. The van der Waals surface area contributed by atoms with Gasteiger partial charge in [-0.1, -0.05) is 6.92 Å². The number of aromatic nitrogens is 1. The summed E-state index contributed by atoms with van der Waals surface area (Å²) in [6.45, 7) is 5.63. The molecule has 1 aromatic heterocycles. The second kappa shape index (κ2) is 10.1. The molecular weight excluding hydrogens is 405 g/mol. The van der Waals surface area contributed by atoms with Crippen molar-refractivity contribution < 1.29 is 13.2 Å². The van der Waals surface area contributed by atoms with E-state index in [1.165, 1.54) is 4.88 Å². The van der Waals surface area contributed by atoms with Crippen molar-refractivity contribution in [3.05, 3.63) is 15.6 Å². The highest BCUT2D eigenvalue weighted by molar-refractivity contribution is 7.92. The van der Waals surface area contributed by atoms with Gasteiger partial charge < -0.3 is 10.6 Å². The van der Waals surface area contributed by atoms with Gasteiger partial charge >= 0.3 is 0 Å². The molecular formula is C15H27Cl2N3O3S2. The number of hydrogen-bond acceptors (Lipinski definition) is 6. The van der Waals surface area contributed by atoms with Crippen LogP contribution in [0.4, 0.5) is 0 Å². The number of rotatable bonds is 6. The molecule has 1 amide bonds. The Kier molecular flexibility index (Phi) is 9.90. The van der Waals surface area contributed by atoms with Crippen LogP contribution in [-0.2, 0) is 27.5 Å². The minimum Gasteiger partial charge on any atom is -0.354 e. The molecule has 1 aliphatic heterocycles. The Morgan fingerprint density at radius 1 is 1.32 bits per heavy atom. The Morgan fingerprint density at radius 2 is 1.92 bits per heavy atom. The van der Waals surface area contributed by atoms with E-state index in [1.54, 1.807) is 11.3 Å². The van der Waals surface area contributed by atoms with E-state index < -0.39 is 14.6 Å². The summed E-state index contributed by atoms with van der Waals surface area (Å²) in [6.07, 6.45) is 3.35. The van der Waals surface area contributed by atoms with Gasteiger partial charge in [0.15, 0.2) is 14.6 Å². The molecule has 2 rings (SSSR count). The molecule has 0 radical (unpaired) electrons. The molecule has 0 atom stereocenters. The summed E-state index contributed by atoms with van der Waals surface area (Å²) in [5, 5.41) is 6.91. The summed E-state index contributed by atoms with van der Waals surface area (Å²) in [4.78, 5) is 18.3. The number of piperidine rings is 1. The fraction of sp³-hybridized carbons (Fsp3) is 0.733. The summed E-state index contributed by atoms with van der Waals surface area (Å²) >= 11 is 1.64. The van der Waals surface area contributed by atoms with Gasteiger partial charge in [0.25, 0.3) is 0 Å². The minimum atomic E-state index is -3.45. The molecule has 6 nitrogen and oxygen atoms in total. The maximum absolute atomic E-state index is 12.6. The number of nitrogens with one attached hydrogen (secondary N) is 2. The van der Waals surface area contributed by atoms with Crippen molar-refractivity contribution in [1.82, 2.24) is 15.6 Å². The van der Waals surface area contributed by atoms with Crippen LogP contribution in [0.2, 0.25) is 0 Å². The van der Waals surface area contributed by atoms with E-state index in [1.807, 2.05) is 6.92 Å². The number of nitrogens with zero attached hydrogens (tertiary/aromatic N) is 1. The number of hydrogen-bond donors (Lipinski definition) is 2. The van der Waals surface area contributed by atoms with E-state index in [0.717, 1.165) is 23.4 Å². The molecule has 1 saturated heterocycles. The van der Waals surface area contributed by atoms with Crippen LogP contribution in [0.3, 0.4) is 0 Å². The van der Waals surface area contributed by atoms with Crippen LogP contribution >= 0.6 is 36.2 Å². The van der Waals surface area contributed by atoms with E-state index in [2.05, 4.69) is 22.5 Å².